The monoisotopic (exact) mass is 350 g/mol. The van der Waals surface area contributed by atoms with Gasteiger partial charge in [0.15, 0.2) is 0 Å². The molecule has 0 radical (unpaired) electrons. The number of hydrogen-bond acceptors (Lipinski definition) is 3. The summed E-state index contributed by atoms with van der Waals surface area (Å²) < 4.78 is 1.90. The van der Waals surface area contributed by atoms with Crippen molar-refractivity contribution in [3.63, 3.8) is 0 Å². The Bertz CT molecular complexity index is 859. The first-order valence-corrected chi connectivity index (χ1v) is 8.36. The van der Waals surface area contributed by atoms with Gasteiger partial charge in [-0.15, -0.1) is 0 Å². The minimum absolute atomic E-state index is 0.199. The number of rotatable bonds is 5. The second-order valence-corrected chi connectivity index (χ2v) is 6.21. The van der Waals surface area contributed by atoms with E-state index in [0.717, 1.165) is 17.0 Å². The zero-order valence-corrected chi connectivity index (χ0v) is 14.8. The highest BCUT2D eigenvalue weighted by molar-refractivity contribution is 5.74. The number of carbonyl (C=O) groups is 1. The first-order valence-electron chi connectivity index (χ1n) is 8.36. The van der Waals surface area contributed by atoms with Crippen LogP contribution in [0.15, 0.2) is 67.0 Å². The van der Waals surface area contributed by atoms with Crippen molar-refractivity contribution < 1.29 is 9.90 Å². The van der Waals surface area contributed by atoms with Gasteiger partial charge in [0.25, 0.3) is 0 Å². The molecule has 0 fully saturated rings. The molecule has 26 heavy (non-hydrogen) atoms. The van der Waals surface area contributed by atoms with Crippen LogP contribution in [-0.2, 0) is 13.6 Å². The Hall–Kier alpha value is -3.28. The third-order valence-electron chi connectivity index (χ3n) is 4.22. The number of benzene rings is 2. The Kier molecular flexibility index (Phi) is 5.22. The van der Waals surface area contributed by atoms with Crippen LogP contribution in [0, 0.1) is 0 Å². The van der Waals surface area contributed by atoms with Crippen molar-refractivity contribution in [3.05, 3.63) is 83.9 Å². The van der Waals surface area contributed by atoms with E-state index in [1.165, 1.54) is 0 Å². The van der Waals surface area contributed by atoms with Gasteiger partial charge in [0.05, 0.1) is 0 Å². The van der Waals surface area contributed by atoms with E-state index in [1.807, 2.05) is 48.1 Å². The summed E-state index contributed by atoms with van der Waals surface area (Å²) in [5, 5.41) is 12.4. The van der Waals surface area contributed by atoms with Gasteiger partial charge in [-0.2, -0.15) is 0 Å². The predicted molar refractivity (Wildman–Crippen MR) is 99.6 cm³/mol. The number of imidazole rings is 1. The molecule has 3 aromatic rings. The van der Waals surface area contributed by atoms with Crippen LogP contribution >= 0.6 is 0 Å². The molecule has 3 rings (SSSR count). The summed E-state index contributed by atoms with van der Waals surface area (Å²) in [4.78, 5) is 18.7. The molecule has 2 aromatic carbocycles. The average molecular weight is 350 g/mol. The molecule has 1 atom stereocenters. The van der Waals surface area contributed by atoms with Crippen LogP contribution < -0.4 is 5.32 Å². The molecule has 0 spiro atoms. The summed E-state index contributed by atoms with van der Waals surface area (Å²) in [6.07, 6.45) is 3.58. The molecule has 0 aliphatic rings. The van der Waals surface area contributed by atoms with E-state index in [4.69, 9.17) is 0 Å². The van der Waals surface area contributed by atoms with Crippen LogP contribution in [0.4, 0.5) is 4.79 Å². The van der Waals surface area contributed by atoms with E-state index in [0.29, 0.717) is 6.54 Å². The lowest BCUT2D eigenvalue weighted by Crippen LogP contribution is -2.40. The first kappa shape index (κ1) is 17.5. The molecule has 1 heterocycles. The van der Waals surface area contributed by atoms with Crippen molar-refractivity contribution in [2.75, 3.05) is 7.05 Å². The van der Waals surface area contributed by atoms with Gasteiger partial charge in [0.2, 0.25) is 0 Å². The van der Waals surface area contributed by atoms with Gasteiger partial charge in [-0.3, -0.25) is 0 Å². The zero-order chi connectivity index (χ0) is 18.5. The molecule has 0 saturated heterocycles. The Labute approximate surface area is 152 Å². The molecular weight excluding hydrogens is 328 g/mol. The van der Waals surface area contributed by atoms with Crippen molar-refractivity contribution >= 4 is 6.03 Å². The smallest absolute Gasteiger partial charge is 0.318 e. The number of nitrogens with one attached hydrogen (secondary N) is 1. The van der Waals surface area contributed by atoms with Crippen LogP contribution in [0.2, 0.25) is 0 Å². The molecule has 6 nitrogen and oxygen atoms in total. The maximum Gasteiger partial charge on any atom is 0.318 e. The summed E-state index contributed by atoms with van der Waals surface area (Å²) in [5.74, 6) is 0.974. The molecule has 6 heteroatoms. The number of phenolic OH excluding ortho intramolecular Hbond substituents is 1. The minimum atomic E-state index is -0.342. The Balaban J connectivity index is 1.77. The normalized spacial score (nSPS) is 11.8. The van der Waals surface area contributed by atoms with Crippen LogP contribution in [0.3, 0.4) is 0 Å². The Morgan fingerprint density at radius 3 is 2.50 bits per heavy atom. The Morgan fingerprint density at radius 1 is 1.19 bits per heavy atom. The van der Waals surface area contributed by atoms with Crippen molar-refractivity contribution in [2.24, 2.45) is 7.05 Å². The van der Waals surface area contributed by atoms with E-state index in [-0.39, 0.29) is 17.8 Å². The van der Waals surface area contributed by atoms with Crippen molar-refractivity contribution in [1.29, 1.82) is 0 Å². The highest BCUT2D eigenvalue weighted by Gasteiger charge is 2.22. The van der Waals surface area contributed by atoms with Gasteiger partial charge in [-0.1, -0.05) is 42.5 Å². The summed E-state index contributed by atoms with van der Waals surface area (Å²) in [7, 11) is 3.65. The SMILES string of the molecule is CN(Cc1ccc(O)cc1)C(=O)NC(c1ccccc1)c1nccn1C. The number of aromatic hydroxyl groups is 1. The lowest BCUT2D eigenvalue weighted by Gasteiger charge is -2.24. The number of amides is 2. The molecule has 1 aromatic heterocycles. The third kappa shape index (κ3) is 4.03. The molecule has 134 valence electrons. The van der Waals surface area contributed by atoms with Gasteiger partial charge in [0, 0.05) is 33.0 Å². The molecule has 1 unspecified atom stereocenters. The van der Waals surface area contributed by atoms with Gasteiger partial charge in [0.1, 0.15) is 17.6 Å². The molecule has 0 aliphatic carbocycles. The highest BCUT2D eigenvalue weighted by Crippen LogP contribution is 2.20. The topological polar surface area (TPSA) is 70.4 Å². The number of phenols is 1. The zero-order valence-electron chi connectivity index (χ0n) is 14.8. The number of urea groups is 1. The number of nitrogens with zero attached hydrogens (tertiary/aromatic N) is 3. The number of hydrogen-bond donors (Lipinski definition) is 2. The van der Waals surface area contributed by atoms with Gasteiger partial charge >= 0.3 is 6.03 Å². The standard InChI is InChI=1S/C20H22N4O2/c1-23-13-12-21-19(23)18(16-6-4-3-5-7-16)22-20(26)24(2)14-15-8-10-17(25)11-9-15/h3-13,18,25H,14H2,1-2H3,(H,22,26). The fourth-order valence-corrected chi connectivity index (χ4v) is 2.78. The van der Waals surface area contributed by atoms with Crippen molar-refractivity contribution in [3.8, 4) is 5.75 Å². The predicted octanol–water partition coefficient (Wildman–Crippen LogP) is 3.06. The summed E-state index contributed by atoms with van der Waals surface area (Å²) in [5.41, 5.74) is 1.90. The summed E-state index contributed by atoms with van der Waals surface area (Å²) in [6, 6.07) is 16.1. The maximum absolute atomic E-state index is 12.7. The summed E-state index contributed by atoms with van der Waals surface area (Å²) >= 11 is 0. The van der Waals surface area contributed by atoms with Crippen LogP contribution in [0.5, 0.6) is 5.75 Å². The van der Waals surface area contributed by atoms with Gasteiger partial charge in [-0.25, -0.2) is 9.78 Å². The first-order chi connectivity index (χ1) is 12.5. The van der Waals surface area contributed by atoms with E-state index in [2.05, 4.69) is 10.3 Å². The quantitative estimate of drug-likeness (QED) is 0.743. The second kappa shape index (κ2) is 7.74. The van der Waals surface area contributed by atoms with Crippen LogP contribution in [0.25, 0.3) is 0 Å². The molecule has 0 bridgehead atoms. The lowest BCUT2D eigenvalue weighted by molar-refractivity contribution is 0.204. The van der Waals surface area contributed by atoms with Crippen molar-refractivity contribution in [1.82, 2.24) is 19.8 Å². The fourth-order valence-electron chi connectivity index (χ4n) is 2.78. The van der Waals surface area contributed by atoms with E-state index < -0.39 is 0 Å². The largest absolute Gasteiger partial charge is 0.508 e. The number of carbonyl (C=O) groups excluding carboxylic acids is 1. The average Bonchev–Trinajstić information content (AvgIpc) is 3.07. The fraction of sp³-hybridized carbons (Fsp3) is 0.200. The van der Waals surface area contributed by atoms with E-state index in [9.17, 15) is 9.90 Å². The third-order valence-corrected chi connectivity index (χ3v) is 4.22. The van der Waals surface area contributed by atoms with Crippen molar-refractivity contribution in [2.45, 2.75) is 12.6 Å². The van der Waals surface area contributed by atoms with E-state index in [1.54, 1.807) is 42.4 Å². The number of aromatic nitrogens is 2. The number of aryl methyl sites for hydroxylation is 1. The maximum atomic E-state index is 12.7. The molecular formula is C20H22N4O2. The second-order valence-electron chi connectivity index (χ2n) is 6.21. The molecule has 2 N–H and O–H groups in total. The molecule has 0 saturated carbocycles. The van der Waals surface area contributed by atoms with Gasteiger partial charge < -0.3 is 19.9 Å². The molecule has 2 amide bonds. The lowest BCUT2D eigenvalue weighted by atomic mass is 10.1. The molecule has 0 aliphatic heterocycles. The van der Waals surface area contributed by atoms with E-state index >= 15 is 0 Å². The van der Waals surface area contributed by atoms with Gasteiger partial charge in [-0.05, 0) is 23.3 Å². The highest BCUT2D eigenvalue weighted by atomic mass is 16.3. The summed E-state index contributed by atoms with van der Waals surface area (Å²) in [6.45, 7) is 0.439. The Morgan fingerprint density at radius 2 is 1.88 bits per heavy atom. The van der Waals surface area contributed by atoms with Crippen LogP contribution in [0.1, 0.15) is 23.0 Å². The van der Waals surface area contributed by atoms with Crippen LogP contribution in [-0.4, -0.2) is 32.6 Å². The minimum Gasteiger partial charge on any atom is -0.508 e.